The number of nitrogens with one attached hydrogen (secondary N) is 1. The van der Waals surface area contributed by atoms with Gasteiger partial charge in [0.05, 0.1) is 0 Å². The fourth-order valence-electron chi connectivity index (χ4n) is 2.00. The highest BCUT2D eigenvalue weighted by atomic mass is 16.4. The van der Waals surface area contributed by atoms with Crippen LogP contribution in [0.3, 0.4) is 0 Å². The fraction of sp³-hybridized carbons (Fsp3) is 0.438. The van der Waals surface area contributed by atoms with Gasteiger partial charge in [0, 0.05) is 18.2 Å². The van der Waals surface area contributed by atoms with Gasteiger partial charge in [-0.3, -0.25) is 4.79 Å². The van der Waals surface area contributed by atoms with Crippen LogP contribution in [0.5, 0.6) is 0 Å². The summed E-state index contributed by atoms with van der Waals surface area (Å²) >= 11 is 0. The Morgan fingerprint density at radius 1 is 1.53 bits per heavy atom. The molecule has 1 aromatic carbocycles. The van der Waals surface area contributed by atoms with Crippen molar-refractivity contribution >= 4 is 11.7 Å². The molecule has 1 rings (SSSR count). The maximum atomic E-state index is 10.6. The van der Waals surface area contributed by atoms with E-state index in [1.165, 1.54) is 0 Å². The first-order valence-corrected chi connectivity index (χ1v) is 6.83. The summed E-state index contributed by atoms with van der Waals surface area (Å²) in [7, 11) is 0. The van der Waals surface area contributed by atoms with E-state index in [-0.39, 0.29) is 6.42 Å². The molecule has 0 saturated carbocycles. The highest BCUT2D eigenvalue weighted by molar-refractivity contribution is 5.67. The van der Waals surface area contributed by atoms with Crippen LogP contribution in [0.1, 0.15) is 38.2 Å². The lowest BCUT2D eigenvalue weighted by molar-refractivity contribution is -0.136. The molecule has 104 valence electrons. The number of aryl methyl sites for hydroxylation is 1. The molecule has 0 aliphatic carbocycles. The molecule has 1 atom stereocenters. The van der Waals surface area contributed by atoms with Gasteiger partial charge in [-0.15, -0.1) is 6.58 Å². The van der Waals surface area contributed by atoms with Crippen molar-refractivity contribution in [3.8, 4) is 0 Å². The van der Waals surface area contributed by atoms with Gasteiger partial charge < -0.3 is 10.4 Å². The van der Waals surface area contributed by atoms with Gasteiger partial charge in [-0.05, 0) is 43.4 Å². The molecule has 0 radical (unpaired) electrons. The highest BCUT2D eigenvalue weighted by Gasteiger charge is 2.06. The predicted octanol–water partition coefficient (Wildman–Crippen LogP) is 3.86. The van der Waals surface area contributed by atoms with Crippen LogP contribution in [0.15, 0.2) is 36.9 Å². The van der Waals surface area contributed by atoms with Gasteiger partial charge >= 0.3 is 5.97 Å². The van der Waals surface area contributed by atoms with E-state index < -0.39 is 5.97 Å². The molecular formula is C16H23NO2. The van der Waals surface area contributed by atoms with Gasteiger partial charge in [-0.25, -0.2) is 0 Å². The zero-order valence-corrected chi connectivity index (χ0v) is 11.6. The molecule has 0 aromatic heterocycles. The lowest BCUT2D eigenvalue weighted by Crippen LogP contribution is -2.18. The summed E-state index contributed by atoms with van der Waals surface area (Å²) in [5.74, 6) is -0.754. The lowest BCUT2D eigenvalue weighted by atomic mass is 10.1. The van der Waals surface area contributed by atoms with Crippen LogP contribution < -0.4 is 5.32 Å². The van der Waals surface area contributed by atoms with Crippen molar-refractivity contribution in [2.24, 2.45) is 0 Å². The van der Waals surface area contributed by atoms with E-state index in [1.807, 2.05) is 30.3 Å². The number of carbonyl (C=O) groups is 1. The number of rotatable bonds is 9. The van der Waals surface area contributed by atoms with Crippen LogP contribution in [-0.2, 0) is 11.2 Å². The van der Waals surface area contributed by atoms with Gasteiger partial charge in [0.25, 0.3) is 0 Å². The molecular weight excluding hydrogens is 238 g/mol. The third kappa shape index (κ3) is 6.09. The first-order valence-electron chi connectivity index (χ1n) is 6.83. The summed E-state index contributed by atoms with van der Waals surface area (Å²) in [6.45, 7) is 5.91. The Balaban J connectivity index is 2.59. The Kier molecular flexibility index (Phi) is 6.72. The lowest BCUT2D eigenvalue weighted by Gasteiger charge is -2.18. The summed E-state index contributed by atoms with van der Waals surface area (Å²) in [5.41, 5.74) is 2.13. The SMILES string of the molecule is C=CCCC(CC)Nc1cccc(CCC(=O)O)c1. The number of anilines is 1. The topological polar surface area (TPSA) is 49.3 Å². The molecule has 0 saturated heterocycles. The van der Waals surface area contributed by atoms with Crippen molar-refractivity contribution in [2.75, 3.05) is 5.32 Å². The molecule has 0 spiro atoms. The van der Waals surface area contributed by atoms with Gasteiger partial charge in [-0.1, -0.05) is 25.1 Å². The van der Waals surface area contributed by atoms with E-state index in [1.54, 1.807) is 0 Å². The monoisotopic (exact) mass is 261 g/mol. The minimum absolute atomic E-state index is 0.178. The van der Waals surface area contributed by atoms with Crippen molar-refractivity contribution in [1.82, 2.24) is 0 Å². The second-order valence-corrected chi connectivity index (χ2v) is 4.71. The quantitative estimate of drug-likeness (QED) is 0.664. The smallest absolute Gasteiger partial charge is 0.303 e. The maximum Gasteiger partial charge on any atom is 0.303 e. The molecule has 1 unspecified atom stereocenters. The zero-order chi connectivity index (χ0) is 14.1. The molecule has 0 amide bonds. The van der Waals surface area contributed by atoms with Crippen molar-refractivity contribution in [3.63, 3.8) is 0 Å². The number of aliphatic carboxylic acids is 1. The summed E-state index contributed by atoms with van der Waals surface area (Å²) in [4.78, 5) is 10.6. The summed E-state index contributed by atoms with van der Waals surface area (Å²) < 4.78 is 0. The average molecular weight is 261 g/mol. The highest BCUT2D eigenvalue weighted by Crippen LogP contribution is 2.16. The first kappa shape index (κ1) is 15.3. The molecule has 3 heteroatoms. The van der Waals surface area contributed by atoms with Crippen LogP contribution in [0, 0.1) is 0 Å². The Morgan fingerprint density at radius 3 is 2.95 bits per heavy atom. The van der Waals surface area contributed by atoms with E-state index in [2.05, 4.69) is 18.8 Å². The molecule has 0 heterocycles. The average Bonchev–Trinajstić information content (AvgIpc) is 2.41. The number of hydrogen-bond donors (Lipinski definition) is 2. The maximum absolute atomic E-state index is 10.6. The summed E-state index contributed by atoms with van der Waals surface area (Å²) in [6, 6.07) is 8.45. The molecule has 1 aromatic rings. The Hall–Kier alpha value is -1.77. The van der Waals surface area contributed by atoms with Gasteiger partial charge in [-0.2, -0.15) is 0 Å². The number of benzene rings is 1. The zero-order valence-electron chi connectivity index (χ0n) is 11.6. The van der Waals surface area contributed by atoms with Crippen LogP contribution in [-0.4, -0.2) is 17.1 Å². The van der Waals surface area contributed by atoms with Crippen molar-refractivity contribution < 1.29 is 9.90 Å². The van der Waals surface area contributed by atoms with E-state index in [4.69, 9.17) is 5.11 Å². The van der Waals surface area contributed by atoms with Gasteiger partial charge in [0.1, 0.15) is 0 Å². The van der Waals surface area contributed by atoms with E-state index >= 15 is 0 Å². The van der Waals surface area contributed by atoms with Crippen molar-refractivity contribution in [2.45, 2.75) is 45.1 Å². The molecule has 3 nitrogen and oxygen atoms in total. The number of carboxylic acid groups (broad SMARTS) is 1. The Bertz CT molecular complexity index is 415. The second-order valence-electron chi connectivity index (χ2n) is 4.71. The molecule has 2 N–H and O–H groups in total. The molecule has 0 bridgehead atoms. The first-order chi connectivity index (χ1) is 9.15. The standard InChI is InChI=1S/C16H23NO2/c1-3-5-8-14(4-2)17-15-9-6-7-13(12-15)10-11-16(18)19/h3,6-7,9,12,14,17H,1,4-5,8,10-11H2,2H3,(H,18,19). The third-order valence-electron chi connectivity index (χ3n) is 3.14. The molecule has 0 aliphatic rings. The van der Waals surface area contributed by atoms with Crippen LogP contribution in [0.2, 0.25) is 0 Å². The van der Waals surface area contributed by atoms with Gasteiger partial charge in [0.2, 0.25) is 0 Å². The van der Waals surface area contributed by atoms with Crippen molar-refractivity contribution in [1.29, 1.82) is 0 Å². The normalized spacial score (nSPS) is 11.8. The summed E-state index contributed by atoms with van der Waals surface area (Å²) in [5, 5.41) is 12.2. The van der Waals surface area contributed by atoms with Crippen LogP contribution >= 0.6 is 0 Å². The molecule has 0 aliphatic heterocycles. The number of hydrogen-bond acceptors (Lipinski definition) is 2. The van der Waals surface area contributed by atoms with E-state index in [0.717, 1.165) is 30.5 Å². The minimum Gasteiger partial charge on any atom is -0.481 e. The fourth-order valence-corrected chi connectivity index (χ4v) is 2.00. The van der Waals surface area contributed by atoms with Crippen LogP contribution in [0.4, 0.5) is 5.69 Å². The second kappa shape index (κ2) is 8.35. The van der Waals surface area contributed by atoms with Crippen LogP contribution in [0.25, 0.3) is 0 Å². The molecule has 19 heavy (non-hydrogen) atoms. The third-order valence-corrected chi connectivity index (χ3v) is 3.14. The van der Waals surface area contributed by atoms with E-state index in [0.29, 0.717) is 12.5 Å². The van der Waals surface area contributed by atoms with E-state index in [9.17, 15) is 4.79 Å². The largest absolute Gasteiger partial charge is 0.481 e. The Labute approximate surface area is 115 Å². The Morgan fingerprint density at radius 2 is 2.32 bits per heavy atom. The minimum atomic E-state index is -0.754. The van der Waals surface area contributed by atoms with Crippen molar-refractivity contribution in [3.05, 3.63) is 42.5 Å². The van der Waals surface area contributed by atoms with Gasteiger partial charge in [0.15, 0.2) is 0 Å². The number of allylic oxidation sites excluding steroid dienone is 1. The number of carboxylic acids is 1. The molecule has 0 fully saturated rings. The summed E-state index contributed by atoms with van der Waals surface area (Å²) in [6.07, 6.45) is 5.83. The predicted molar refractivity (Wildman–Crippen MR) is 79.5 cm³/mol.